The number of allylic oxidation sites excluding steroid dienone is 1. The Morgan fingerprint density at radius 3 is 2.61 bits per heavy atom. The van der Waals surface area contributed by atoms with E-state index in [4.69, 9.17) is 9.47 Å². The maximum absolute atomic E-state index is 13.4. The zero-order valence-electron chi connectivity index (χ0n) is 17.5. The van der Waals surface area contributed by atoms with Gasteiger partial charge in [-0.2, -0.15) is 0 Å². The highest BCUT2D eigenvalue weighted by atomic mass is 32.1. The van der Waals surface area contributed by atoms with Crippen molar-refractivity contribution >= 4 is 34.7 Å². The highest BCUT2D eigenvalue weighted by Crippen LogP contribution is 2.31. The number of hydrogen-bond donors (Lipinski definition) is 0. The summed E-state index contributed by atoms with van der Waals surface area (Å²) in [5.41, 5.74) is 1.55. The number of rotatable bonds is 6. The van der Waals surface area contributed by atoms with Gasteiger partial charge in [-0.15, -0.1) is 11.3 Å². The van der Waals surface area contributed by atoms with Gasteiger partial charge in [-0.05, 0) is 56.0 Å². The molecule has 3 heterocycles. The van der Waals surface area contributed by atoms with Gasteiger partial charge in [-0.1, -0.05) is 29.5 Å². The van der Waals surface area contributed by atoms with Crippen LogP contribution in [-0.4, -0.2) is 23.8 Å². The van der Waals surface area contributed by atoms with E-state index in [9.17, 15) is 9.59 Å². The molecule has 31 heavy (non-hydrogen) atoms. The van der Waals surface area contributed by atoms with Crippen molar-refractivity contribution in [2.24, 2.45) is 4.99 Å². The maximum atomic E-state index is 13.4. The van der Waals surface area contributed by atoms with Gasteiger partial charge in [0, 0.05) is 4.88 Å². The van der Waals surface area contributed by atoms with Crippen LogP contribution in [0.25, 0.3) is 6.08 Å². The van der Waals surface area contributed by atoms with Gasteiger partial charge in [0.15, 0.2) is 4.80 Å². The molecule has 4 rings (SSSR count). The molecule has 0 spiro atoms. The SMILES string of the molecule is CCOC(=O)C1=C(C)N=c2s/c(=C\c3cccs3)c(=O)n2[C@H]1c1ccc(OCC)cc1. The van der Waals surface area contributed by atoms with Crippen LogP contribution < -0.4 is 19.6 Å². The standard InChI is InChI=1S/C23H22N2O4S2/c1-4-28-16-10-8-15(9-11-16)20-19(22(27)29-5-2)14(3)24-23-25(20)21(26)18(31-23)13-17-7-6-12-30-17/h6-13,20H,4-5H2,1-3H3/b18-13-/t20-/m0/s1. The summed E-state index contributed by atoms with van der Waals surface area (Å²) in [7, 11) is 0. The van der Waals surface area contributed by atoms with Crippen molar-refractivity contribution in [3.63, 3.8) is 0 Å². The molecule has 0 unspecified atom stereocenters. The highest BCUT2D eigenvalue weighted by Gasteiger charge is 2.33. The monoisotopic (exact) mass is 454 g/mol. The van der Waals surface area contributed by atoms with Crippen LogP contribution in [0.15, 0.2) is 62.8 Å². The lowest BCUT2D eigenvalue weighted by atomic mass is 9.96. The zero-order valence-corrected chi connectivity index (χ0v) is 19.1. The molecule has 0 amide bonds. The first-order chi connectivity index (χ1) is 15.0. The maximum Gasteiger partial charge on any atom is 0.338 e. The number of thiazole rings is 1. The van der Waals surface area contributed by atoms with E-state index in [-0.39, 0.29) is 12.2 Å². The number of aromatic nitrogens is 1. The summed E-state index contributed by atoms with van der Waals surface area (Å²) in [6, 6.07) is 10.7. The lowest BCUT2D eigenvalue weighted by Crippen LogP contribution is -2.39. The van der Waals surface area contributed by atoms with Crippen LogP contribution in [0.2, 0.25) is 0 Å². The highest BCUT2D eigenvalue weighted by molar-refractivity contribution is 7.11. The molecule has 0 radical (unpaired) electrons. The molecule has 0 bridgehead atoms. The first-order valence-electron chi connectivity index (χ1n) is 9.99. The smallest absolute Gasteiger partial charge is 0.338 e. The third-order valence-electron chi connectivity index (χ3n) is 4.84. The van der Waals surface area contributed by atoms with Crippen molar-refractivity contribution in [1.29, 1.82) is 0 Å². The molecular formula is C23H22N2O4S2. The van der Waals surface area contributed by atoms with Crippen LogP contribution in [-0.2, 0) is 9.53 Å². The third kappa shape index (κ3) is 4.13. The first kappa shape index (κ1) is 21.3. The molecule has 1 aliphatic rings. The predicted octanol–water partition coefficient (Wildman–Crippen LogP) is 3.26. The largest absolute Gasteiger partial charge is 0.494 e. The zero-order chi connectivity index (χ0) is 22.0. The molecule has 3 aromatic rings. The molecule has 0 N–H and O–H groups in total. The molecule has 2 aromatic heterocycles. The van der Waals surface area contributed by atoms with Crippen molar-refractivity contribution < 1.29 is 14.3 Å². The van der Waals surface area contributed by atoms with Gasteiger partial charge in [-0.25, -0.2) is 9.79 Å². The first-order valence-corrected chi connectivity index (χ1v) is 11.7. The van der Waals surface area contributed by atoms with Gasteiger partial charge in [0.05, 0.1) is 35.1 Å². The van der Waals surface area contributed by atoms with Gasteiger partial charge in [-0.3, -0.25) is 9.36 Å². The summed E-state index contributed by atoms with van der Waals surface area (Å²) in [5.74, 6) is 0.268. The molecular weight excluding hydrogens is 432 g/mol. The number of hydrogen-bond acceptors (Lipinski definition) is 7. The Labute approximate surface area is 187 Å². The van der Waals surface area contributed by atoms with E-state index in [1.807, 2.05) is 54.8 Å². The van der Waals surface area contributed by atoms with Gasteiger partial charge in [0.25, 0.3) is 5.56 Å². The fourth-order valence-electron chi connectivity index (χ4n) is 3.52. The Morgan fingerprint density at radius 2 is 1.97 bits per heavy atom. The van der Waals surface area contributed by atoms with Crippen molar-refractivity contribution in [3.8, 4) is 5.75 Å². The fraction of sp³-hybridized carbons (Fsp3) is 0.261. The van der Waals surface area contributed by atoms with E-state index >= 15 is 0 Å². The molecule has 0 saturated carbocycles. The molecule has 8 heteroatoms. The molecule has 1 aliphatic heterocycles. The number of nitrogens with zero attached hydrogens (tertiary/aromatic N) is 2. The number of carbonyl (C=O) groups excluding carboxylic acids is 1. The van der Waals surface area contributed by atoms with Gasteiger partial charge in [0.1, 0.15) is 5.75 Å². The van der Waals surface area contributed by atoms with Crippen molar-refractivity contribution in [1.82, 2.24) is 4.57 Å². The summed E-state index contributed by atoms with van der Waals surface area (Å²) in [5, 5.41) is 1.97. The minimum Gasteiger partial charge on any atom is -0.494 e. The minimum absolute atomic E-state index is 0.176. The van der Waals surface area contributed by atoms with Crippen LogP contribution in [0.5, 0.6) is 5.75 Å². The van der Waals surface area contributed by atoms with Crippen LogP contribution in [0.1, 0.15) is 37.3 Å². The van der Waals surface area contributed by atoms with E-state index in [0.717, 1.165) is 16.2 Å². The normalized spacial score (nSPS) is 16.1. The Kier molecular flexibility index (Phi) is 6.20. The van der Waals surface area contributed by atoms with Crippen molar-refractivity contribution in [2.45, 2.75) is 26.8 Å². The molecule has 0 aliphatic carbocycles. The molecule has 0 fully saturated rings. The minimum atomic E-state index is -0.614. The fourth-order valence-corrected chi connectivity index (χ4v) is 5.29. The van der Waals surface area contributed by atoms with E-state index in [2.05, 4.69) is 4.99 Å². The Balaban J connectivity index is 1.92. The topological polar surface area (TPSA) is 69.9 Å². The van der Waals surface area contributed by atoms with Gasteiger partial charge in [0.2, 0.25) is 0 Å². The predicted molar refractivity (Wildman–Crippen MR) is 122 cm³/mol. The second-order valence-corrected chi connectivity index (χ2v) is 8.81. The average molecular weight is 455 g/mol. The van der Waals surface area contributed by atoms with Crippen molar-refractivity contribution in [3.05, 3.63) is 83.2 Å². The van der Waals surface area contributed by atoms with Crippen LogP contribution in [0, 0.1) is 0 Å². The third-order valence-corrected chi connectivity index (χ3v) is 6.64. The second-order valence-electron chi connectivity index (χ2n) is 6.82. The Morgan fingerprint density at radius 1 is 1.19 bits per heavy atom. The van der Waals surface area contributed by atoms with Crippen LogP contribution >= 0.6 is 22.7 Å². The lowest BCUT2D eigenvalue weighted by molar-refractivity contribution is -0.139. The molecule has 6 nitrogen and oxygen atoms in total. The number of benzene rings is 1. The quantitative estimate of drug-likeness (QED) is 0.536. The number of carbonyl (C=O) groups is 1. The molecule has 1 atom stereocenters. The summed E-state index contributed by atoms with van der Waals surface area (Å²) in [6.07, 6.45) is 1.87. The van der Waals surface area contributed by atoms with E-state index in [1.54, 1.807) is 29.8 Å². The summed E-state index contributed by atoms with van der Waals surface area (Å²) in [6.45, 7) is 6.27. The van der Waals surface area contributed by atoms with Crippen LogP contribution in [0.4, 0.5) is 0 Å². The van der Waals surface area contributed by atoms with E-state index < -0.39 is 12.0 Å². The molecule has 1 aromatic carbocycles. The Hall–Kier alpha value is -2.97. The van der Waals surface area contributed by atoms with E-state index in [1.165, 1.54) is 11.3 Å². The van der Waals surface area contributed by atoms with E-state index in [0.29, 0.717) is 27.2 Å². The van der Waals surface area contributed by atoms with Gasteiger partial charge >= 0.3 is 5.97 Å². The number of fused-ring (bicyclic) bond motifs is 1. The number of ether oxygens (including phenoxy) is 2. The average Bonchev–Trinajstić information content (AvgIpc) is 3.36. The second kappa shape index (κ2) is 9.03. The Bertz CT molecular complexity index is 1300. The summed E-state index contributed by atoms with van der Waals surface area (Å²) in [4.78, 5) is 32.4. The summed E-state index contributed by atoms with van der Waals surface area (Å²) < 4.78 is 13.0. The summed E-state index contributed by atoms with van der Waals surface area (Å²) >= 11 is 2.89. The van der Waals surface area contributed by atoms with Gasteiger partial charge < -0.3 is 9.47 Å². The molecule has 160 valence electrons. The molecule has 0 saturated heterocycles. The van der Waals surface area contributed by atoms with Crippen LogP contribution in [0.3, 0.4) is 0 Å². The lowest BCUT2D eigenvalue weighted by Gasteiger charge is -2.24. The number of esters is 1. The number of thiophene rings is 1. The van der Waals surface area contributed by atoms with Crippen molar-refractivity contribution in [2.75, 3.05) is 13.2 Å².